The van der Waals surface area contributed by atoms with Gasteiger partial charge in [0.25, 0.3) is 0 Å². The van der Waals surface area contributed by atoms with Crippen molar-refractivity contribution in [3.63, 3.8) is 0 Å². The Morgan fingerprint density at radius 3 is 2.89 bits per heavy atom. The minimum absolute atomic E-state index is 0.0390. The van der Waals surface area contributed by atoms with Gasteiger partial charge in [-0.05, 0) is 13.0 Å². The average Bonchev–Trinajstić information content (AvgIpc) is 2.34. The number of imide groups is 1. The number of methoxy groups -OCH3 is 1. The molecular formula is C11H14N4O3. The van der Waals surface area contributed by atoms with Crippen molar-refractivity contribution in [2.75, 3.05) is 24.3 Å². The Labute approximate surface area is 104 Å². The summed E-state index contributed by atoms with van der Waals surface area (Å²) in [5, 5.41) is 2.26. The zero-order chi connectivity index (χ0) is 13.3. The lowest BCUT2D eigenvalue weighted by Crippen LogP contribution is -2.57. The highest BCUT2D eigenvalue weighted by molar-refractivity contribution is 6.04. The first kappa shape index (κ1) is 12.2. The highest BCUT2D eigenvalue weighted by Crippen LogP contribution is 2.26. The van der Waals surface area contributed by atoms with Gasteiger partial charge in [0, 0.05) is 6.07 Å². The number of hydrogen-bond acceptors (Lipinski definition) is 6. The van der Waals surface area contributed by atoms with Crippen LogP contribution in [0.4, 0.5) is 11.5 Å². The van der Waals surface area contributed by atoms with E-state index in [1.54, 1.807) is 24.0 Å². The predicted octanol–water partition coefficient (Wildman–Crippen LogP) is -0.476. The van der Waals surface area contributed by atoms with Gasteiger partial charge in [0.1, 0.15) is 6.04 Å². The number of anilines is 2. The summed E-state index contributed by atoms with van der Waals surface area (Å²) in [6.45, 7) is 1.72. The van der Waals surface area contributed by atoms with E-state index in [-0.39, 0.29) is 18.4 Å². The fraction of sp³-hybridized carbons (Fsp3) is 0.364. The monoisotopic (exact) mass is 250 g/mol. The van der Waals surface area contributed by atoms with E-state index >= 15 is 0 Å². The molecule has 0 saturated carbocycles. The first-order valence-corrected chi connectivity index (χ1v) is 5.43. The summed E-state index contributed by atoms with van der Waals surface area (Å²) >= 11 is 0. The SMILES string of the molecule is COc1ccc(N)c(N2CC(=O)NC(=O)C2C)n1. The van der Waals surface area contributed by atoms with Crippen molar-refractivity contribution in [1.29, 1.82) is 0 Å². The van der Waals surface area contributed by atoms with Crippen molar-refractivity contribution in [3.8, 4) is 5.88 Å². The van der Waals surface area contributed by atoms with E-state index in [1.807, 2.05) is 0 Å². The van der Waals surface area contributed by atoms with Gasteiger partial charge in [0.2, 0.25) is 17.7 Å². The van der Waals surface area contributed by atoms with Crippen LogP contribution in [-0.2, 0) is 9.59 Å². The first-order chi connectivity index (χ1) is 8.52. The van der Waals surface area contributed by atoms with E-state index in [9.17, 15) is 9.59 Å². The third-order valence-electron chi connectivity index (χ3n) is 2.78. The molecule has 1 aromatic rings. The maximum absolute atomic E-state index is 11.6. The minimum Gasteiger partial charge on any atom is -0.481 e. The van der Waals surface area contributed by atoms with Gasteiger partial charge in [-0.3, -0.25) is 14.9 Å². The van der Waals surface area contributed by atoms with Crippen LogP contribution in [0.1, 0.15) is 6.92 Å². The first-order valence-electron chi connectivity index (χ1n) is 5.43. The summed E-state index contributed by atoms with van der Waals surface area (Å²) in [4.78, 5) is 28.7. The molecule has 7 nitrogen and oxygen atoms in total. The molecule has 0 aliphatic carbocycles. The molecule has 2 heterocycles. The van der Waals surface area contributed by atoms with Crippen LogP contribution in [0.15, 0.2) is 12.1 Å². The maximum Gasteiger partial charge on any atom is 0.249 e. The standard InChI is InChI=1S/C11H14N4O3/c1-6-11(17)13-8(16)5-15(6)10-7(12)3-4-9(14-10)18-2/h3-4,6H,5,12H2,1-2H3,(H,13,16,17). The number of carbonyl (C=O) groups is 2. The number of amides is 2. The molecule has 0 aromatic carbocycles. The molecule has 1 saturated heterocycles. The molecule has 3 N–H and O–H groups in total. The van der Waals surface area contributed by atoms with E-state index in [2.05, 4.69) is 10.3 Å². The van der Waals surface area contributed by atoms with Crippen molar-refractivity contribution in [2.24, 2.45) is 0 Å². The third kappa shape index (κ3) is 2.06. The van der Waals surface area contributed by atoms with Gasteiger partial charge in [-0.1, -0.05) is 0 Å². The van der Waals surface area contributed by atoms with Gasteiger partial charge in [-0.25, -0.2) is 0 Å². The van der Waals surface area contributed by atoms with Gasteiger partial charge < -0.3 is 15.4 Å². The summed E-state index contributed by atoms with van der Waals surface area (Å²) in [5.74, 6) is 0.0206. The highest BCUT2D eigenvalue weighted by atomic mass is 16.5. The molecule has 2 rings (SSSR count). The Hall–Kier alpha value is -2.31. The molecule has 1 aliphatic heterocycles. The molecule has 7 heteroatoms. The Kier molecular flexibility index (Phi) is 3.05. The Balaban J connectivity index is 2.40. The lowest BCUT2D eigenvalue weighted by atomic mass is 10.2. The average molecular weight is 250 g/mol. The Bertz CT molecular complexity index is 503. The number of hydrogen-bond donors (Lipinski definition) is 2. The highest BCUT2D eigenvalue weighted by Gasteiger charge is 2.32. The molecule has 0 spiro atoms. The summed E-state index contributed by atoms with van der Waals surface area (Å²) in [5.41, 5.74) is 6.22. The number of aromatic nitrogens is 1. The largest absolute Gasteiger partial charge is 0.481 e. The van der Waals surface area contributed by atoms with Gasteiger partial charge >= 0.3 is 0 Å². The molecule has 1 atom stereocenters. The van der Waals surface area contributed by atoms with E-state index in [0.717, 1.165) is 0 Å². The topological polar surface area (TPSA) is 97.5 Å². The number of nitrogens with two attached hydrogens (primary N) is 1. The molecule has 1 unspecified atom stereocenters. The summed E-state index contributed by atoms with van der Waals surface area (Å²) < 4.78 is 5.01. The van der Waals surface area contributed by atoms with E-state index < -0.39 is 6.04 Å². The van der Waals surface area contributed by atoms with Crippen molar-refractivity contribution >= 4 is 23.3 Å². The van der Waals surface area contributed by atoms with E-state index in [1.165, 1.54) is 7.11 Å². The smallest absolute Gasteiger partial charge is 0.249 e. The second kappa shape index (κ2) is 4.52. The van der Waals surface area contributed by atoms with Crippen LogP contribution in [-0.4, -0.2) is 36.5 Å². The molecule has 0 radical (unpaired) electrons. The van der Waals surface area contributed by atoms with Crippen LogP contribution in [0.3, 0.4) is 0 Å². The molecule has 1 fully saturated rings. The zero-order valence-electron chi connectivity index (χ0n) is 10.1. The van der Waals surface area contributed by atoms with Crippen LogP contribution in [0.25, 0.3) is 0 Å². The molecular weight excluding hydrogens is 236 g/mol. The third-order valence-corrected chi connectivity index (χ3v) is 2.78. The zero-order valence-corrected chi connectivity index (χ0v) is 10.1. The number of nitrogens with one attached hydrogen (secondary N) is 1. The quantitative estimate of drug-likeness (QED) is 0.688. The van der Waals surface area contributed by atoms with Gasteiger partial charge in [-0.15, -0.1) is 0 Å². The van der Waals surface area contributed by atoms with Crippen molar-refractivity contribution in [3.05, 3.63) is 12.1 Å². The Morgan fingerprint density at radius 2 is 2.22 bits per heavy atom. The maximum atomic E-state index is 11.6. The van der Waals surface area contributed by atoms with Crippen molar-refractivity contribution in [2.45, 2.75) is 13.0 Å². The lowest BCUT2D eigenvalue weighted by molar-refractivity contribution is -0.132. The van der Waals surface area contributed by atoms with Gasteiger partial charge in [0.15, 0.2) is 5.82 Å². The number of carbonyl (C=O) groups excluding carboxylic acids is 2. The van der Waals surface area contributed by atoms with Crippen LogP contribution in [0.5, 0.6) is 5.88 Å². The fourth-order valence-corrected chi connectivity index (χ4v) is 1.76. The van der Waals surface area contributed by atoms with Gasteiger partial charge in [-0.2, -0.15) is 4.98 Å². The van der Waals surface area contributed by atoms with E-state index in [4.69, 9.17) is 10.5 Å². The summed E-state index contributed by atoms with van der Waals surface area (Å²) in [6.07, 6.45) is 0. The molecule has 18 heavy (non-hydrogen) atoms. The second-order valence-electron chi connectivity index (χ2n) is 3.98. The number of rotatable bonds is 2. The summed E-state index contributed by atoms with van der Waals surface area (Å²) in [7, 11) is 1.49. The molecule has 0 bridgehead atoms. The molecule has 1 aliphatic rings. The van der Waals surface area contributed by atoms with Crippen LogP contribution >= 0.6 is 0 Å². The lowest BCUT2D eigenvalue weighted by Gasteiger charge is -2.33. The Morgan fingerprint density at radius 1 is 1.50 bits per heavy atom. The van der Waals surface area contributed by atoms with Crippen molar-refractivity contribution < 1.29 is 14.3 Å². The van der Waals surface area contributed by atoms with Crippen LogP contribution < -0.4 is 20.7 Å². The number of nitrogen functional groups attached to an aromatic ring is 1. The summed E-state index contributed by atoms with van der Waals surface area (Å²) in [6, 6.07) is 2.74. The van der Waals surface area contributed by atoms with E-state index in [0.29, 0.717) is 17.4 Å². The second-order valence-corrected chi connectivity index (χ2v) is 3.98. The predicted molar refractivity (Wildman–Crippen MR) is 65.2 cm³/mol. The van der Waals surface area contributed by atoms with Crippen LogP contribution in [0, 0.1) is 0 Å². The molecule has 1 aromatic heterocycles. The number of ether oxygens (including phenoxy) is 1. The normalized spacial score (nSPS) is 19.7. The molecule has 96 valence electrons. The minimum atomic E-state index is -0.510. The number of piperazine rings is 1. The number of pyridine rings is 1. The van der Waals surface area contributed by atoms with Crippen LogP contribution in [0.2, 0.25) is 0 Å². The fourth-order valence-electron chi connectivity index (χ4n) is 1.76. The number of nitrogens with zero attached hydrogens (tertiary/aromatic N) is 2. The van der Waals surface area contributed by atoms with Crippen molar-refractivity contribution in [1.82, 2.24) is 10.3 Å². The van der Waals surface area contributed by atoms with Gasteiger partial charge in [0.05, 0.1) is 19.3 Å². The molecule has 2 amide bonds.